The van der Waals surface area contributed by atoms with Crippen LogP contribution >= 0.6 is 0 Å². The predicted molar refractivity (Wildman–Crippen MR) is 93.2 cm³/mol. The standard InChI is InChI=1S/C19H28N4/c1-5-14-20-15(12-8-6-7-9-12)17-16-13(10-11-23(14)17)18(22-21-16)19(2,3)4/h12,15H,5-11H2,1-4H3. The minimum atomic E-state index is 0.0687. The zero-order valence-electron chi connectivity index (χ0n) is 14.9. The number of amidine groups is 1. The lowest BCUT2D eigenvalue weighted by Crippen LogP contribution is -2.34. The summed E-state index contributed by atoms with van der Waals surface area (Å²) in [5.74, 6) is 1.97. The fraction of sp³-hybridized carbons (Fsp3) is 0.737. The molecule has 0 aromatic carbocycles. The first-order valence-corrected chi connectivity index (χ1v) is 9.25. The van der Waals surface area contributed by atoms with Crippen molar-refractivity contribution in [3.8, 4) is 0 Å². The van der Waals surface area contributed by atoms with E-state index in [1.807, 2.05) is 0 Å². The molecule has 1 atom stereocenters. The Balaban J connectivity index is 1.81. The molecule has 124 valence electrons. The molecule has 4 nitrogen and oxygen atoms in total. The number of hydrogen-bond donors (Lipinski definition) is 0. The lowest BCUT2D eigenvalue weighted by molar-refractivity contribution is 0.409. The summed E-state index contributed by atoms with van der Waals surface area (Å²) >= 11 is 0. The molecule has 3 heterocycles. The second-order valence-corrected chi connectivity index (χ2v) is 8.30. The molecule has 0 radical (unpaired) electrons. The quantitative estimate of drug-likeness (QED) is 0.703. The van der Waals surface area contributed by atoms with Gasteiger partial charge in [-0.1, -0.05) is 40.5 Å². The summed E-state index contributed by atoms with van der Waals surface area (Å²) in [4.78, 5) is 7.61. The normalized spacial score (nSPS) is 27.9. The van der Waals surface area contributed by atoms with Gasteiger partial charge in [-0.05, 0) is 25.2 Å². The van der Waals surface area contributed by atoms with E-state index in [0.717, 1.165) is 25.1 Å². The van der Waals surface area contributed by atoms with Crippen molar-refractivity contribution in [2.24, 2.45) is 26.6 Å². The van der Waals surface area contributed by atoms with Crippen LogP contribution in [0, 0.1) is 11.3 Å². The maximum Gasteiger partial charge on any atom is 0.113 e. The molecule has 0 spiro atoms. The van der Waals surface area contributed by atoms with Crippen LogP contribution in [0.4, 0.5) is 0 Å². The van der Waals surface area contributed by atoms with Gasteiger partial charge >= 0.3 is 0 Å². The summed E-state index contributed by atoms with van der Waals surface area (Å²) in [7, 11) is 0. The van der Waals surface area contributed by atoms with Crippen LogP contribution in [0.2, 0.25) is 0 Å². The van der Waals surface area contributed by atoms with Crippen LogP contribution in [0.1, 0.15) is 66.2 Å². The fourth-order valence-corrected chi connectivity index (χ4v) is 4.59. The van der Waals surface area contributed by atoms with Gasteiger partial charge in [0.05, 0.1) is 17.4 Å². The first-order chi connectivity index (χ1) is 11.0. The highest BCUT2D eigenvalue weighted by Gasteiger charge is 2.43. The monoisotopic (exact) mass is 312 g/mol. The Kier molecular flexibility index (Phi) is 3.47. The van der Waals surface area contributed by atoms with Crippen molar-refractivity contribution in [2.75, 3.05) is 6.54 Å². The minimum absolute atomic E-state index is 0.0687. The average Bonchev–Trinajstić information content (AvgIpc) is 3.22. The van der Waals surface area contributed by atoms with Gasteiger partial charge in [0.15, 0.2) is 0 Å². The smallest absolute Gasteiger partial charge is 0.113 e. The maximum absolute atomic E-state index is 5.14. The number of allylic oxidation sites excluding steroid dienone is 2. The fourth-order valence-electron chi connectivity index (χ4n) is 4.59. The molecular weight excluding hydrogens is 284 g/mol. The van der Waals surface area contributed by atoms with Crippen molar-refractivity contribution < 1.29 is 0 Å². The molecule has 0 aromatic rings. The number of rotatable bonds is 2. The zero-order chi connectivity index (χ0) is 16.2. The number of nitrogens with zero attached hydrogens (tertiary/aromatic N) is 4. The molecule has 0 N–H and O–H groups in total. The highest BCUT2D eigenvalue weighted by atomic mass is 15.3. The van der Waals surface area contributed by atoms with Gasteiger partial charge in [-0.3, -0.25) is 4.99 Å². The van der Waals surface area contributed by atoms with Crippen LogP contribution < -0.4 is 0 Å². The molecule has 4 aliphatic rings. The third-order valence-corrected chi connectivity index (χ3v) is 5.69. The second kappa shape index (κ2) is 5.29. The molecule has 4 rings (SSSR count). The molecule has 1 saturated carbocycles. The van der Waals surface area contributed by atoms with E-state index >= 15 is 0 Å². The first kappa shape index (κ1) is 15.1. The largest absolute Gasteiger partial charge is 0.329 e. The average molecular weight is 312 g/mol. The molecule has 4 heteroatoms. The molecule has 1 unspecified atom stereocenters. The van der Waals surface area contributed by atoms with Gasteiger partial charge in [0.2, 0.25) is 0 Å². The van der Waals surface area contributed by atoms with Gasteiger partial charge in [-0.25, -0.2) is 0 Å². The Morgan fingerprint density at radius 1 is 1.13 bits per heavy atom. The molecule has 23 heavy (non-hydrogen) atoms. The second-order valence-electron chi connectivity index (χ2n) is 8.30. The van der Waals surface area contributed by atoms with Gasteiger partial charge < -0.3 is 4.90 Å². The summed E-state index contributed by atoms with van der Waals surface area (Å²) in [6.45, 7) is 10.00. The van der Waals surface area contributed by atoms with Gasteiger partial charge in [-0.15, -0.1) is 5.11 Å². The van der Waals surface area contributed by atoms with Crippen LogP contribution in [0.25, 0.3) is 0 Å². The van der Waals surface area contributed by atoms with Crippen molar-refractivity contribution in [2.45, 2.75) is 72.3 Å². The third-order valence-electron chi connectivity index (χ3n) is 5.69. The van der Waals surface area contributed by atoms with Crippen LogP contribution in [0.5, 0.6) is 0 Å². The first-order valence-electron chi connectivity index (χ1n) is 9.25. The molecule has 0 saturated heterocycles. The van der Waals surface area contributed by atoms with Crippen molar-refractivity contribution in [1.29, 1.82) is 0 Å². The number of azo groups is 1. The van der Waals surface area contributed by atoms with E-state index in [-0.39, 0.29) is 5.41 Å². The van der Waals surface area contributed by atoms with E-state index in [1.54, 1.807) is 0 Å². The van der Waals surface area contributed by atoms with Gasteiger partial charge in [0, 0.05) is 24.0 Å². The lowest BCUT2D eigenvalue weighted by atomic mass is 9.85. The van der Waals surface area contributed by atoms with Crippen LogP contribution in [-0.2, 0) is 0 Å². The molecule has 3 aliphatic heterocycles. The molecular formula is C19H28N4. The number of aliphatic imine (C=N–C) groups is 1. The summed E-state index contributed by atoms with van der Waals surface area (Å²) in [6.07, 6.45) is 7.42. The Labute approximate surface area is 139 Å². The topological polar surface area (TPSA) is 40.3 Å². The SMILES string of the molecule is CCC1=NC(C2CCCC2)C2=C3N=NC(C(C)(C)C)=C3CCN12. The van der Waals surface area contributed by atoms with E-state index in [9.17, 15) is 0 Å². The summed E-state index contributed by atoms with van der Waals surface area (Å²) in [5, 5.41) is 9.25. The molecule has 0 bridgehead atoms. The van der Waals surface area contributed by atoms with E-state index in [1.165, 1.54) is 48.5 Å². The van der Waals surface area contributed by atoms with Crippen LogP contribution in [-0.4, -0.2) is 23.3 Å². The van der Waals surface area contributed by atoms with Gasteiger partial charge in [0.25, 0.3) is 0 Å². The van der Waals surface area contributed by atoms with Crippen LogP contribution in [0.3, 0.4) is 0 Å². The van der Waals surface area contributed by atoms with Crippen molar-refractivity contribution in [3.63, 3.8) is 0 Å². The molecule has 0 aromatic heterocycles. The minimum Gasteiger partial charge on any atom is -0.329 e. The molecule has 1 aliphatic carbocycles. The Bertz CT molecular complexity index is 639. The third kappa shape index (κ3) is 2.29. The Hall–Kier alpha value is -1.45. The van der Waals surface area contributed by atoms with Crippen molar-refractivity contribution >= 4 is 5.84 Å². The Morgan fingerprint density at radius 2 is 1.87 bits per heavy atom. The zero-order valence-corrected chi connectivity index (χ0v) is 14.9. The predicted octanol–water partition coefficient (Wildman–Crippen LogP) is 5.05. The van der Waals surface area contributed by atoms with Gasteiger partial charge in [-0.2, -0.15) is 5.11 Å². The summed E-state index contributed by atoms with van der Waals surface area (Å²) < 4.78 is 0. The highest BCUT2D eigenvalue weighted by molar-refractivity contribution is 5.87. The van der Waals surface area contributed by atoms with Crippen LogP contribution in [0.15, 0.2) is 37.9 Å². The number of hydrogen-bond acceptors (Lipinski definition) is 4. The van der Waals surface area contributed by atoms with Crippen molar-refractivity contribution in [3.05, 3.63) is 22.7 Å². The van der Waals surface area contributed by atoms with E-state index in [4.69, 9.17) is 4.99 Å². The molecule has 0 amide bonds. The number of fused-ring (bicyclic) bond motifs is 2. The lowest BCUT2D eigenvalue weighted by Gasteiger charge is -2.31. The van der Waals surface area contributed by atoms with E-state index in [2.05, 4.69) is 42.8 Å². The molecule has 1 fully saturated rings. The highest BCUT2D eigenvalue weighted by Crippen LogP contribution is 2.47. The van der Waals surface area contributed by atoms with E-state index in [0.29, 0.717) is 12.0 Å². The maximum atomic E-state index is 5.14. The van der Waals surface area contributed by atoms with Crippen molar-refractivity contribution in [1.82, 2.24) is 4.90 Å². The summed E-state index contributed by atoms with van der Waals surface area (Å²) in [6, 6.07) is 0.330. The van der Waals surface area contributed by atoms with E-state index < -0.39 is 0 Å². The Morgan fingerprint density at radius 3 is 2.52 bits per heavy atom. The van der Waals surface area contributed by atoms with Gasteiger partial charge in [0.1, 0.15) is 11.5 Å². The summed E-state index contributed by atoms with van der Waals surface area (Å²) in [5.41, 5.74) is 5.18.